The SMILES string of the molecule is CC(=O)N1CCCC1c1cc2[nH]c(-c3ccccn3)nc2cc1Oc1ccc(-c2nc(C)no2)cc1. The summed E-state index contributed by atoms with van der Waals surface area (Å²) in [5.74, 6) is 3.11. The fraction of sp³-hybridized carbons (Fsp3) is 0.222. The molecule has 1 aliphatic rings. The Morgan fingerprint density at radius 3 is 2.72 bits per heavy atom. The highest BCUT2D eigenvalue weighted by Gasteiger charge is 2.31. The monoisotopic (exact) mass is 480 g/mol. The number of aromatic nitrogens is 5. The molecule has 0 radical (unpaired) electrons. The van der Waals surface area contributed by atoms with Crippen molar-refractivity contribution < 1.29 is 14.1 Å². The molecule has 0 spiro atoms. The van der Waals surface area contributed by atoms with E-state index in [1.807, 2.05) is 59.5 Å². The predicted molar refractivity (Wildman–Crippen MR) is 133 cm³/mol. The van der Waals surface area contributed by atoms with Crippen LogP contribution in [0.15, 0.2) is 65.3 Å². The zero-order valence-electron chi connectivity index (χ0n) is 19.9. The third kappa shape index (κ3) is 4.08. The minimum Gasteiger partial charge on any atom is -0.457 e. The van der Waals surface area contributed by atoms with Gasteiger partial charge in [-0.3, -0.25) is 9.78 Å². The second kappa shape index (κ2) is 8.92. The lowest BCUT2D eigenvalue weighted by atomic mass is 10.0. The maximum absolute atomic E-state index is 12.4. The van der Waals surface area contributed by atoms with Crippen LogP contribution in [0.5, 0.6) is 11.5 Å². The summed E-state index contributed by atoms with van der Waals surface area (Å²) < 4.78 is 11.7. The van der Waals surface area contributed by atoms with Gasteiger partial charge in [-0.2, -0.15) is 4.98 Å². The van der Waals surface area contributed by atoms with Crippen molar-refractivity contribution in [2.24, 2.45) is 0 Å². The molecular formula is C27H24N6O3. The third-order valence-corrected chi connectivity index (χ3v) is 6.39. The van der Waals surface area contributed by atoms with E-state index >= 15 is 0 Å². The Morgan fingerprint density at radius 1 is 1.14 bits per heavy atom. The van der Waals surface area contributed by atoms with Crippen molar-refractivity contribution in [3.05, 3.63) is 72.2 Å². The van der Waals surface area contributed by atoms with E-state index < -0.39 is 0 Å². The quantitative estimate of drug-likeness (QED) is 0.356. The highest BCUT2D eigenvalue weighted by atomic mass is 16.5. The molecule has 2 aromatic carbocycles. The average molecular weight is 481 g/mol. The zero-order valence-corrected chi connectivity index (χ0v) is 19.9. The van der Waals surface area contributed by atoms with Gasteiger partial charge in [0.2, 0.25) is 5.91 Å². The number of amides is 1. The number of aryl methyl sites for hydroxylation is 1. The van der Waals surface area contributed by atoms with Crippen molar-refractivity contribution in [2.45, 2.75) is 32.7 Å². The van der Waals surface area contributed by atoms with Crippen molar-refractivity contribution >= 4 is 16.9 Å². The van der Waals surface area contributed by atoms with E-state index in [4.69, 9.17) is 14.2 Å². The van der Waals surface area contributed by atoms with Gasteiger partial charge in [0.15, 0.2) is 11.6 Å². The maximum Gasteiger partial charge on any atom is 0.257 e. The second-order valence-corrected chi connectivity index (χ2v) is 8.85. The van der Waals surface area contributed by atoms with E-state index in [-0.39, 0.29) is 11.9 Å². The lowest BCUT2D eigenvalue weighted by Crippen LogP contribution is -2.28. The molecule has 1 unspecified atom stereocenters. The standard InChI is InChI=1S/C27H24N6O3/c1-16-29-27(36-32-16)18-8-10-19(11-9-18)35-25-15-23-22(30-26(31-23)21-6-3-4-12-28-21)14-20(25)24-7-5-13-33(24)17(2)34/h3-4,6,8-12,14-15,24H,5,7,13H2,1-2H3,(H,30,31). The van der Waals surface area contributed by atoms with Crippen LogP contribution in [-0.4, -0.2) is 42.4 Å². The van der Waals surface area contributed by atoms with E-state index in [1.54, 1.807) is 20.0 Å². The molecule has 1 atom stereocenters. The fourth-order valence-electron chi connectivity index (χ4n) is 4.70. The topological polar surface area (TPSA) is 110 Å². The van der Waals surface area contributed by atoms with Crippen LogP contribution < -0.4 is 4.74 Å². The number of pyridine rings is 1. The number of H-pyrrole nitrogens is 1. The average Bonchev–Trinajstić information content (AvgIpc) is 3.64. The molecular weight excluding hydrogens is 456 g/mol. The number of hydrogen-bond donors (Lipinski definition) is 1. The molecule has 9 heteroatoms. The van der Waals surface area contributed by atoms with Crippen molar-refractivity contribution in [3.63, 3.8) is 0 Å². The molecule has 5 aromatic rings. The first kappa shape index (κ1) is 22.0. The molecule has 6 rings (SSSR count). The number of benzene rings is 2. The van der Waals surface area contributed by atoms with Crippen LogP contribution in [0.25, 0.3) is 34.0 Å². The number of aromatic amines is 1. The van der Waals surface area contributed by atoms with Gasteiger partial charge < -0.3 is 19.1 Å². The highest BCUT2D eigenvalue weighted by molar-refractivity contribution is 5.82. The van der Waals surface area contributed by atoms with Gasteiger partial charge in [0.25, 0.3) is 5.89 Å². The molecule has 1 aliphatic heterocycles. The van der Waals surface area contributed by atoms with E-state index in [0.717, 1.165) is 47.2 Å². The summed E-state index contributed by atoms with van der Waals surface area (Å²) in [5, 5.41) is 3.85. The van der Waals surface area contributed by atoms with Gasteiger partial charge in [0, 0.05) is 36.9 Å². The third-order valence-electron chi connectivity index (χ3n) is 6.39. The van der Waals surface area contributed by atoms with Gasteiger partial charge >= 0.3 is 0 Å². The van der Waals surface area contributed by atoms with Gasteiger partial charge in [-0.1, -0.05) is 11.2 Å². The van der Waals surface area contributed by atoms with Crippen molar-refractivity contribution in [3.8, 4) is 34.5 Å². The smallest absolute Gasteiger partial charge is 0.257 e. The highest BCUT2D eigenvalue weighted by Crippen LogP contribution is 2.41. The van der Waals surface area contributed by atoms with Gasteiger partial charge in [0.1, 0.15) is 17.2 Å². The number of rotatable bonds is 5. The fourth-order valence-corrected chi connectivity index (χ4v) is 4.70. The number of hydrogen-bond acceptors (Lipinski definition) is 7. The van der Waals surface area contributed by atoms with Gasteiger partial charge in [-0.25, -0.2) is 4.98 Å². The number of carbonyl (C=O) groups excluding carboxylic acids is 1. The summed E-state index contributed by atoms with van der Waals surface area (Å²) in [6.45, 7) is 4.13. The Labute approximate surface area is 207 Å². The summed E-state index contributed by atoms with van der Waals surface area (Å²) in [6.07, 6.45) is 3.56. The molecule has 4 heterocycles. The molecule has 1 N–H and O–H groups in total. The molecule has 1 saturated heterocycles. The van der Waals surface area contributed by atoms with Crippen LogP contribution in [0, 0.1) is 6.92 Å². The molecule has 0 bridgehead atoms. The first-order valence-electron chi connectivity index (χ1n) is 11.9. The molecule has 9 nitrogen and oxygen atoms in total. The van der Waals surface area contributed by atoms with Crippen molar-refractivity contribution in [2.75, 3.05) is 6.54 Å². The molecule has 3 aromatic heterocycles. The van der Waals surface area contributed by atoms with E-state index in [9.17, 15) is 4.79 Å². The largest absolute Gasteiger partial charge is 0.457 e. The lowest BCUT2D eigenvalue weighted by molar-refractivity contribution is -0.129. The Balaban J connectivity index is 1.40. The molecule has 180 valence electrons. The minimum absolute atomic E-state index is 0.0570. The molecule has 36 heavy (non-hydrogen) atoms. The number of fused-ring (bicyclic) bond motifs is 1. The minimum atomic E-state index is -0.0656. The molecule has 0 aliphatic carbocycles. The van der Waals surface area contributed by atoms with Crippen molar-refractivity contribution in [1.82, 2.24) is 30.0 Å². The molecule has 1 amide bonds. The summed E-state index contributed by atoms with van der Waals surface area (Å²) in [7, 11) is 0. The summed E-state index contributed by atoms with van der Waals surface area (Å²) in [4.78, 5) is 31.1. The normalized spacial score (nSPS) is 15.5. The number of ether oxygens (including phenoxy) is 1. The second-order valence-electron chi connectivity index (χ2n) is 8.85. The van der Waals surface area contributed by atoms with Gasteiger partial charge in [0.05, 0.1) is 17.1 Å². The van der Waals surface area contributed by atoms with Crippen LogP contribution >= 0.6 is 0 Å². The summed E-state index contributed by atoms with van der Waals surface area (Å²) in [6, 6.07) is 17.1. The summed E-state index contributed by atoms with van der Waals surface area (Å²) in [5.41, 5.74) is 4.15. The number of carbonyl (C=O) groups is 1. The number of nitrogens with one attached hydrogen (secondary N) is 1. The van der Waals surface area contributed by atoms with Gasteiger partial charge in [-0.05, 0) is 62.2 Å². The Hall–Kier alpha value is -4.53. The first-order chi connectivity index (χ1) is 17.5. The van der Waals surface area contributed by atoms with Gasteiger partial charge in [-0.15, -0.1) is 0 Å². The van der Waals surface area contributed by atoms with Crippen molar-refractivity contribution in [1.29, 1.82) is 0 Å². The predicted octanol–water partition coefficient (Wildman–Crippen LogP) is 5.46. The number of nitrogens with zero attached hydrogens (tertiary/aromatic N) is 5. The summed E-state index contributed by atoms with van der Waals surface area (Å²) >= 11 is 0. The Bertz CT molecular complexity index is 1540. The van der Waals surface area contributed by atoms with Crippen LogP contribution in [0.3, 0.4) is 0 Å². The zero-order chi connectivity index (χ0) is 24.6. The first-order valence-corrected chi connectivity index (χ1v) is 11.9. The van der Waals surface area contributed by atoms with Crippen LogP contribution in [-0.2, 0) is 4.79 Å². The number of likely N-dealkylation sites (tertiary alicyclic amines) is 1. The molecule has 0 saturated carbocycles. The van der Waals surface area contributed by atoms with E-state index in [1.165, 1.54) is 0 Å². The Kier molecular flexibility index (Phi) is 5.44. The van der Waals surface area contributed by atoms with Crippen LogP contribution in [0.1, 0.15) is 37.2 Å². The number of imidazole rings is 1. The van der Waals surface area contributed by atoms with Crippen LogP contribution in [0.2, 0.25) is 0 Å². The molecule has 1 fully saturated rings. The van der Waals surface area contributed by atoms with E-state index in [0.29, 0.717) is 29.0 Å². The van der Waals surface area contributed by atoms with E-state index in [2.05, 4.69) is 20.1 Å². The lowest BCUT2D eigenvalue weighted by Gasteiger charge is -2.25. The maximum atomic E-state index is 12.4. The Morgan fingerprint density at radius 2 is 2.00 bits per heavy atom. The van der Waals surface area contributed by atoms with Crippen LogP contribution in [0.4, 0.5) is 0 Å².